The highest BCUT2D eigenvalue weighted by molar-refractivity contribution is 7.90. The van der Waals surface area contributed by atoms with E-state index < -0.39 is 22.2 Å². The third kappa shape index (κ3) is 12.7. The summed E-state index contributed by atoms with van der Waals surface area (Å²) >= 11 is 0. The van der Waals surface area contributed by atoms with Gasteiger partial charge < -0.3 is 14.3 Å². The molecule has 0 unspecified atom stereocenters. The smallest absolute Gasteiger partial charge is 0.305 e. The van der Waals surface area contributed by atoms with Gasteiger partial charge in [-0.15, -0.1) is 0 Å². The van der Waals surface area contributed by atoms with E-state index in [1.54, 1.807) is 24.3 Å². The number of likely N-dealkylation sites (N-methyl/N-ethyl adjacent to an activating group) is 1. The minimum Gasteiger partial charge on any atom is -0.494 e. The van der Waals surface area contributed by atoms with E-state index >= 15 is 0 Å². The molecule has 1 rings (SSSR count). The summed E-state index contributed by atoms with van der Waals surface area (Å²) in [5, 5.41) is 9.06. The van der Waals surface area contributed by atoms with Gasteiger partial charge in [-0.3, -0.25) is 9.52 Å². The van der Waals surface area contributed by atoms with Crippen LogP contribution in [0.4, 0.5) is 5.69 Å². The van der Waals surface area contributed by atoms with Crippen LogP contribution < -0.4 is 14.2 Å². The number of quaternary nitrogens is 1. The van der Waals surface area contributed by atoms with Crippen LogP contribution in [0.2, 0.25) is 0 Å². The number of hydrogen-bond donors (Lipinski definition) is 3. The van der Waals surface area contributed by atoms with Gasteiger partial charge in [-0.25, -0.2) is 0 Å². The summed E-state index contributed by atoms with van der Waals surface area (Å²) in [6.07, 6.45) is 6.86. The van der Waals surface area contributed by atoms with Crippen molar-refractivity contribution in [3.63, 3.8) is 0 Å². The first-order valence-electron chi connectivity index (χ1n) is 10.6. The van der Waals surface area contributed by atoms with Crippen molar-refractivity contribution in [2.24, 2.45) is 0 Å². The Kier molecular flexibility index (Phi) is 11.1. The maximum Gasteiger partial charge on any atom is 0.305 e. The summed E-state index contributed by atoms with van der Waals surface area (Å²) < 4.78 is 35.9. The quantitative estimate of drug-likeness (QED) is 0.268. The van der Waals surface area contributed by atoms with Gasteiger partial charge in [-0.05, 0) is 30.7 Å². The Morgan fingerprint density at radius 1 is 1.07 bits per heavy atom. The number of benzene rings is 1. The van der Waals surface area contributed by atoms with E-state index in [0.29, 0.717) is 29.1 Å². The average molecular weight is 445 g/mol. The zero-order valence-corrected chi connectivity index (χ0v) is 19.5. The molecule has 1 aromatic carbocycles. The largest absolute Gasteiger partial charge is 0.494 e. The van der Waals surface area contributed by atoms with E-state index in [4.69, 9.17) is 9.84 Å². The van der Waals surface area contributed by atoms with Gasteiger partial charge >= 0.3 is 5.97 Å². The number of unbranched alkanes of at least 4 members (excludes halogenated alkanes) is 5. The Morgan fingerprint density at radius 2 is 1.67 bits per heavy atom. The fourth-order valence-corrected chi connectivity index (χ4v) is 4.21. The Balaban J connectivity index is 2.53. The Hall–Kier alpha value is -1.84. The number of anilines is 1. The van der Waals surface area contributed by atoms with Crippen LogP contribution in [-0.2, 0) is 15.0 Å². The second-order valence-electron chi connectivity index (χ2n) is 8.63. The molecule has 0 aliphatic heterocycles. The van der Waals surface area contributed by atoms with E-state index in [1.807, 2.05) is 21.1 Å². The lowest BCUT2D eigenvalue weighted by atomic mass is 10.1. The zero-order chi connectivity index (χ0) is 22.6. The molecule has 172 valence electrons. The third-order valence-corrected chi connectivity index (χ3v) is 5.53. The second kappa shape index (κ2) is 12.8. The molecule has 0 amide bonds. The number of carboxylic acids is 1. The van der Waals surface area contributed by atoms with Crippen LogP contribution in [-0.4, -0.2) is 64.3 Å². The van der Waals surface area contributed by atoms with E-state index in [0.717, 1.165) is 12.8 Å². The molecule has 0 aromatic heterocycles. The van der Waals surface area contributed by atoms with Crippen LogP contribution in [0.15, 0.2) is 24.3 Å². The fourth-order valence-electron chi connectivity index (χ4n) is 3.11. The highest BCUT2D eigenvalue weighted by Crippen LogP contribution is 2.17. The predicted octanol–water partition coefficient (Wildman–Crippen LogP) is 3.22. The molecule has 8 nitrogen and oxygen atoms in total. The van der Waals surface area contributed by atoms with Crippen molar-refractivity contribution in [1.82, 2.24) is 4.72 Å². The molecule has 3 N–H and O–H groups in total. The monoisotopic (exact) mass is 444 g/mol. The first-order valence-corrected chi connectivity index (χ1v) is 12.0. The topological polar surface area (TPSA) is 105 Å². The van der Waals surface area contributed by atoms with Crippen molar-refractivity contribution < 1.29 is 27.5 Å². The number of nitrogens with one attached hydrogen (secondary N) is 2. The summed E-state index contributed by atoms with van der Waals surface area (Å²) in [7, 11) is 1.72. The molecule has 0 aliphatic rings. The van der Waals surface area contributed by atoms with Crippen LogP contribution in [0, 0.1) is 0 Å². The first kappa shape index (κ1) is 26.2. The summed E-state index contributed by atoms with van der Waals surface area (Å²) in [5.74, 6) is -0.365. The molecule has 0 aliphatic carbocycles. The molecule has 0 heterocycles. The lowest BCUT2D eigenvalue weighted by Crippen LogP contribution is -2.50. The lowest BCUT2D eigenvalue weighted by Gasteiger charge is -2.29. The normalized spacial score (nSPS) is 13.1. The van der Waals surface area contributed by atoms with E-state index in [1.165, 1.54) is 25.7 Å². The fraction of sp³-hybridized carbons (Fsp3) is 0.667. The number of rotatable bonds is 16. The maximum atomic E-state index is 12.4. The van der Waals surface area contributed by atoms with Gasteiger partial charge in [0, 0.05) is 0 Å². The maximum absolute atomic E-state index is 12.4. The molecule has 0 radical (unpaired) electrons. The van der Waals surface area contributed by atoms with Crippen molar-refractivity contribution in [2.75, 3.05) is 39.0 Å². The lowest BCUT2D eigenvalue weighted by molar-refractivity contribution is -0.871. The number of carboxylic acid groups (broad SMARTS) is 1. The average Bonchev–Trinajstić information content (AvgIpc) is 2.59. The van der Waals surface area contributed by atoms with Crippen LogP contribution in [0.5, 0.6) is 5.75 Å². The second-order valence-corrected chi connectivity index (χ2v) is 10.1. The summed E-state index contributed by atoms with van der Waals surface area (Å²) in [4.78, 5) is 11.1. The molecule has 0 spiro atoms. The molecule has 9 heteroatoms. The van der Waals surface area contributed by atoms with Crippen LogP contribution in [0.25, 0.3) is 0 Å². The van der Waals surface area contributed by atoms with Crippen molar-refractivity contribution in [3.05, 3.63) is 24.3 Å². The van der Waals surface area contributed by atoms with Crippen molar-refractivity contribution in [3.8, 4) is 5.75 Å². The molecular formula is C21H38N3O5S+. The van der Waals surface area contributed by atoms with E-state index in [2.05, 4.69) is 16.4 Å². The Morgan fingerprint density at radius 3 is 2.23 bits per heavy atom. The third-order valence-electron chi connectivity index (χ3n) is 4.38. The Bertz CT molecular complexity index is 730. The van der Waals surface area contributed by atoms with Crippen LogP contribution in [0.1, 0.15) is 51.9 Å². The SMILES string of the molecule is CCCCCCCCOc1ccc(NS(=O)(=O)N[C@H](CC(=O)O)C[N+](C)(C)C)cc1. The molecule has 0 saturated carbocycles. The number of ether oxygens (including phenoxy) is 1. The molecule has 30 heavy (non-hydrogen) atoms. The molecule has 0 fully saturated rings. The molecular weight excluding hydrogens is 406 g/mol. The number of carbonyl (C=O) groups is 1. The van der Waals surface area contributed by atoms with Crippen molar-refractivity contribution in [1.29, 1.82) is 0 Å². The molecule has 0 bridgehead atoms. The van der Waals surface area contributed by atoms with E-state index in [9.17, 15) is 13.2 Å². The van der Waals surface area contributed by atoms with Gasteiger partial charge in [0.2, 0.25) is 0 Å². The van der Waals surface area contributed by atoms with Gasteiger partial charge in [-0.2, -0.15) is 13.1 Å². The van der Waals surface area contributed by atoms with Gasteiger partial charge in [0.15, 0.2) is 0 Å². The van der Waals surface area contributed by atoms with Gasteiger partial charge in [0.25, 0.3) is 10.2 Å². The standard InChI is InChI=1S/C21H37N3O5S/c1-5-6-7-8-9-10-15-29-20-13-11-18(12-14-20)22-30(27,28)23-19(16-21(25)26)17-24(2,3)4/h11-14,19,22-23H,5-10,15-17H2,1-4H3/p+1/t19-/m1/s1. The van der Waals surface area contributed by atoms with Crippen LogP contribution in [0.3, 0.4) is 0 Å². The van der Waals surface area contributed by atoms with Crippen molar-refractivity contribution >= 4 is 21.9 Å². The van der Waals surface area contributed by atoms with Crippen molar-refractivity contribution in [2.45, 2.75) is 57.9 Å². The predicted molar refractivity (Wildman–Crippen MR) is 120 cm³/mol. The molecule has 1 aromatic rings. The highest BCUT2D eigenvalue weighted by Gasteiger charge is 2.25. The highest BCUT2D eigenvalue weighted by atomic mass is 32.2. The number of nitrogens with zero attached hydrogens (tertiary/aromatic N) is 1. The summed E-state index contributed by atoms with van der Waals surface area (Å²) in [5.41, 5.74) is 0.383. The Labute approximate surface area is 181 Å². The molecule has 0 saturated heterocycles. The van der Waals surface area contributed by atoms with Gasteiger partial charge in [0.05, 0.1) is 52.4 Å². The van der Waals surface area contributed by atoms with Gasteiger partial charge in [-0.1, -0.05) is 39.0 Å². The number of hydrogen-bond acceptors (Lipinski definition) is 4. The summed E-state index contributed by atoms with van der Waals surface area (Å²) in [6.45, 7) is 3.18. The minimum absolute atomic E-state index is 0.290. The molecule has 1 atom stereocenters. The zero-order valence-electron chi connectivity index (χ0n) is 18.7. The van der Waals surface area contributed by atoms with E-state index in [-0.39, 0.29) is 6.42 Å². The van der Waals surface area contributed by atoms with Crippen LogP contribution >= 0.6 is 0 Å². The summed E-state index contributed by atoms with van der Waals surface area (Å²) in [6, 6.07) is 5.97. The number of aliphatic carboxylic acids is 1. The first-order chi connectivity index (χ1) is 14.0. The van der Waals surface area contributed by atoms with Gasteiger partial charge in [0.1, 0.15) is 5.75 Å². The minimum atomic E-state index is -3.91.